The summed E-state index contributed by atoms with van der Waals surface area (Å²) >= 11 is 5.86. The van der Waals surface area contributed by atoms with E-state index < -0.39 is 10.0 Å². The van der Waals surface area contributed by atoms with Gasteiger partial charge >= 0.3 is 0 Å². The second kappa shape index (κ2) is 5.74. The summed E-state index contributed by atoms with van der Waals surface area (Å²) in [6.45, 7) is 1.60. The van der Waals surface area contributed by atoms with Crippen molar-refractivity contribution in [3.05, 3.63) is 23.4 Å². The van der Waals surface area contributed by atoms with Crippen LogP contribution in [-0.4, -0.2) is 49.1 Å². The van der Waals surface area contributed by atoms with Crippen LogP contribution in [0, 0.1) is 0 Å². The van der Waals surface area contributed by atoms with Crippen molar-refractivity contribution in [2.45, 2.75) is 37.0 Å². The second-order valence-corrected chi connectivity index (χ2v) is 8.55. The number of hydrogen-bond acceptors (Lipinski definition) is 4. The minimum Gasteiger partial charge on any atom is -0.355 e. The van der Waals surface area contributed by atoms with Gasteiger partial charge in [0, 0.05) is 32.4 Å². The van der Waals surface area contributed by atoms with Gasteiger partial charge in [-0.3, -0.25) is 0 Å². The molecule has 1 saturated carbocycles. The average Bonchev–Trinajstić information content (AvgIpc) is 3.32. The quantitative estimate of drug-likeness (QED) is 0.849. The smallest absolute Gasteiger partial charge is 0.217 e. The molecule has 2 aliphatic rings. The van der Waals surface area contributed by atoms with Gasteiger partial charge in [0.1, 0.15) is 5.82 Å². The third-order valence-corrected chi connectivity index (χ3v) is 6.93. The van der Waals surface area contributed by atoms with Crippen molar-refractivity contribution in [1.82, 2.24) is 9.29 Å². The number of rotatable bonds is 4. The van der Waals surface area contributed by atoms with E-state index in [1.54, 1.807) is 17.5 Å². The Balaban J connectivity index is 1.72. The highest BCUT2D eigenvalue weighted by atomic mass is 35.5. The average molecular weight is 330 g/mol. The molecule has 1 aliphatic carbocycles. The molecule has 0 aromatic carbocycles. The minimum atomic E-state index is -3.11. The predicted octanol–water partition coefficient (Wildman–Crippen LogP) is 2.13. The van der Waals surface area contributed by atoms with E-state index in [2.05, 4.69) is 9.88 Å². The van der Waals surface area contributed by atoms with Gasteiger partial charge in [-0.05, 0) is 37.8 Å². The van der Waals surface area contributed by atoms with Crippen LogP contribution in [0.1, 0.15) is 25.7 Å². The summed E-state index contributed by atoms with van der Waals surface area (Å²) in [7, 11) is -1.39. The fourth-order valence-electron chi connectivity index (χ4n) is 2.82. The number of piperidine rings is 1. The highest BCUT2D eigenvalue weighted by Gasteiger charge is 2.41. The van der Waals surface area contributed by atoms with Crippen molar-refractivity contribution >= 4 is 27.4 Å². The van der Waals surface area contributed by atoms with Crippen molar-refractivity contribution in [3.63, 3.8) is 0 Å². The molecular formula is C14H20ClN3O2S. The van der Waals surface area contributed by atoms with Crippen LogP contribution in [0.25, 0.3) is 0 Å². The lowest BCUT2D eigenvalue weighted by Crippen LogP contribution is -2.49. The number of sulfonamides is 1. The molecule has 0 N–H and O–H groups in total. The summed E-state index contributed by atoms with van der Waals surface area (Å²) in [4.78, 5) is 6.47. The number of hydrogen-bond donors (Lipinski definition) is 0. The summed E-state index contributed by atoms with van der Waals surface area (Å²) in [5.41, 5.74) is 0. The standard InChI is InChI=1S/C14H20ClN3O2S/c1-17(21(19,20)13-5-6-13)12-3-2-8-18(10-12)14-7-4-11(15)9-16-14/h4,7,9,12-13H,2-3,5-6,8,10H2,1H3. The van der Waals surface area contributed by atoms with Gasteiger partial charge in [0.2, 0.25) is 10.0 Å². The maximum absolute atomic E-state index is 12.4. The molecule has 1 aromatic heterocycles. The maximum atomic E-state index is 12.4. The molecular weight excluding hydrogens is 310 g/mol. The van der Waals surface area contributed by atoms with Gasteiger partial charge in [-0.15, -0.1) is 0 Å². The molecule has 0 bridgehead atoms. The largest absolute Gasteiger partial charge is 0.355 e. The molecule has 2 fully saturated rings. The number of aromatic nitrogens is 1. The lowest BCUT2D eigenvalue weighted by Gasteiger charge is -2.37. The van der Waals surface area contributed by atoms with Gasteiger partial charge in [0.15, 0.2) is 0 Å². The molecule has 116 valence electrons. The van der Waals surface area contributed by atoms with Crippen LogP contribution < -0.4 is 4.90 Å². The number of anilines is 1. The van der Waals surface area contributed by atoms with E-state index in [-0.39, 0.29) is 11.3 Å². The first kappa shape index (κ1) is 15.1. The van der Waals surface area contributed by atoms with Crippen LogP contribution >= 0.6 is 11.6 Å². The zero-order valence-corrected chi connectivity index (χ0v) is 13.6. The Hall–Kier alpha value is -0.850. The van der Waals surface area contributed by atoms with E-state index in [1.807, 2.05) is 12.1 Å². The van der Waals surface area contributed by atoms with E-state index in [1.165, 1.54) is 0 Å². The van der Waals surface area contributed by atoms with Crippen molar-refractivity contribution in [3.8, 4) is 0 Å². The molecule has 1 aliphatic heterocycles. The van der Waals surface area contributed by atoms with Crippen LogP contribution in [0.2, 0.25) is 5.02 Å². The highest BCUT2D eigenvalue weighted by molar-refractivity contribution is 7.90. The number of halogens is 1. The van der Waals surface area contributed by atoms with Gasteiger partial charge in [0.05, 0.1) is 10.3 Å². The molecule has 2 heterocycles. The monoisotopic (exact) mass is 329 g/mol. The normalized spacial score (nSPS) is 23.6. The van der Waals surface area contributed by atoms with Crippen molar-refractivity contribution in [2.24, 2.45) is 0 Å². The summed E-state index contributed by atoms with van der Waals surface area (Å²) in [6, 6.07) is 3.74. The molecule has 5 nitrogen and oxygen atoms in total. The second-order valence-electron chi connectivity index (χ2n) is 5.84. The summed E-state index contributed by atoms with van der Waals surface area (Å²) in [5, 5.41) is 0.465. The van der Waals surface area contributed by atoms with E-state index in [4.69, 9.17) is 11.6 Å². The molecule has 1 saturated heterocycles. The van der Waals surface area contributed by atoms with Crippen LogP contribution in [0.3, 0.4) is 0 Å². The van der Waals surface area contributed by atoms with Gasteiger partial charge in [-0.25, -0.2) is 13.4 Å². The Morgan fingerprint density at radius 1 is 1.33 bits per heavy atom. The van der Waals surface area contributed by atoms with Crippen LogP contribution in [-0.2, 0) is 10.0 Å². The van der Waals surface area contributed by atoms with Crippen LogP contribution in [0.15, 0.2) is 18.3 Å². The van der Waals surface area contributed by atoms with Crippen molar-refractivity contribution in [2.75, 3.05) is 25.0 Å². The zero-order chi connectivity index (χ0) is 15.0. The Labute approximate surface area is 131 Å². The summed E-state index contributed by atoms with van der Waals surface area (Å²) in [5.74, 6) is 0.862. The fraction of sp³-hybridized carbons (Fsp3) is 0.643. The molecule has 1 aromatic rings. The SMILES string of the molecule is CN(C1CCCN(c2ccc(Cl)cn2)C1)S(=O)(=O)C1CC1. The molecule has 1 unspecified atom stereocenters. The van der Waals surface area contributed by atoms with E-state index in [9.17, 15) is 8.42 Å². The Morgan fingerprint density at radius 3 is 2.71 bits per heavy atom. The molecule has 0 spiro atoms. The van der Waals surface area contributed by atoms with Crippen LogP contribution in [0.4, 0.5) is 5.82 Å². The number of pyridine rings is 1. The molecule has 21 heavy (non-hydrogen) atoms. The predicted molar refractivity (Wildman–Crippen MR) is 84.2 cm³/mol. The third kappa shape index (κ3) is 3.17. The maximum Gasteiger partial charge on any atom is 0.217 e. The van der Waals surface area contributed by atoms with Gasteiger partial charge < -0.3 is 4.90 Å². The summed E-state index contributed by atoms with van der Waals surface area (Å²) < 4.78 is 26.3. The van der Waals surface area contributed by atoms with E-state index in [0.29, 0.717) is 11.6 Å². The van der Waals surface area contributed by atoms with Crippen molar-refractivity contribution < 1.29 is 8.42 Å². The first-order valence-electron chi connectivity index (χ1n) is 7.32. The molecule has 0 radical (unpaired) electrons. The third-order valence-electron chi connectivity index (χ3n) is 4.29. The van der Waals surface area contributed by atoms with Gasteiger partial charge in [-0.1, -0.05) is 11.6 Å². The minimum absolute atomic E-state index is 0.0295. The Kier molecular flexibility index (Phi) is 4.12. The van der Waals surface area contributed by atoms with E-state index >= 15 is 0 Å². The van der Waals surface area contributed by atoms with Crippen LogP contribution in [0.5, 0.6) is 0 Å². The van der Waals surface area contributed by atoms with Gasteiger partial charge in [-0.2, -0.15) is 4.31 Å². The topological polar surface area (TPSA) is 53.5 Å². The highest BCUT2D eigenvalue weighted by Crippen LogP contribution is 2.33. The molecule has 0 amide bonds. The van der Waals surface area contributed by atoms with Gasteiger partial charge in [0.25, 0.3) is 0 Å². The first-order chi connectivity index (χ1) is 9.98. The molecule has 3 rings (SSSR count). The summed E-state index contributed by atoms with van der Waals surface area (Å²) in [6.07, 6.45) is 5.13. The Bertz CT molecular complexity index is 601. The van der Waals surface area contributed by atoms with E-state index in [0.717, 1.165) is 38.0 Å². The molecule has 1 atom stereocenters. The number of nitrogens with zero attached hydrogens (tertiary/aromatic N) is 3. The zero-order valence-electron chi connectivity index (χ0n) is 12.1. The number of likely N-dealkylation sites (N-methyl/N-ethyl adjacent to an activating group) is 1. The fourth-order valence-corrected chi connectivity index (χ4v) is 4.73. The lowest BCUT2D eigenvalue weighted by molar-refractivity contribution is 0.319. The Morgan fingerprint density at radius 2 is 2.10 bits per heavy atom. The lowest BCUT2D eigenvalue weighted by atomic mass is 10.1. The van der Waals surface area contributed by atoms with Crippen molar-refractivity contribution in [1.29, 1.82) is 0 Å². The molecule has 7 heteroatoms. The first-order valence-corrected chi connectivity index (χ1v) is 9.20.